The lowest BCUT2D eigenvalue weighted by atomic mass is 9.97. The molecular weight excluding hydrogens is 362 g/mol. The van der Waals surface area contributed by atoms with Crippen LogP contribution in [0.2, 0.25) is 0 Å². The van der Waals surface area contributed by atoms with Gasteiger partial charge in [-0.2, -0.15) is 10.5 Å². The molecule has 29 heavy (non-hydrogen) atoms. The summed E-state index contributed by atoms with van der Waals surface area (Å²) in [5, 5.41) is 18.7. The molecule has 0 radical (unpaired) electrons. The number of guanidine groups is 1. The van der Waals surface area contributed by atoms with E-state index in [0.29, 0.717) is 24.6 Å². The van der Waals surface area contributed by atoms with E-state index in [1.807, 2.05) is 56.4 Å². The molecule has 2 aliphatic heterocycles. The Labute approximate surface area is 170 Å². The summed E-state index contributed by atoms with van der Waals surface area (Å²) in [7, 11) is 0. The van der Waals surface area contributed by atoms with E-state index in [9.17, 15) is 10.5 Å². The van der Waals surface area contributed by atoms with Crippen molar-refractivity contribution < 1.29 is 4.74 Å². The van der Waals surface area contributed by atoms with Gasteiger partial charge in [0.1, 0.15) is 11.4 Å². The van der Waals surface area contributed by atoms with Crippen molar-refractivity contribution in [2.75, 3.05) is 13.1 Å². The lowest BCUT2D eigenvalue weighted by Crippen LogP contribution is -2.36. The average Bonchev–Trinajstić information content (AvgIpc) is 3.09. The summed E-state index contributed by atoms with van der Waals surface area (Å²) >= 11 is 0. The number of nitrogens with zero attached hydrogens (tertiary/aromatic N) is 5. The highest BCUT2D eigenvalue weighted by atomic mass is 16.5. The molecule has 2 aromatic rings. The van der Waals surface area contributed by atoms with E-state index in [-0.39, 0.29) is 0 Å². The molecule has 0 atom stereocenters. The molecule has 0 aromatic heterocycles. The molecule has 1 fully saturated rings. The molecule has 1 saturated heterocycles. The van der Waals surface area contributed by atoms with Crippen molar-refractivity contribution in [2.45, 2.75) is 26.0 Å². The molecule has 6 nitrogen and oxygen atoms in total. The van der Waals surface area contributed by atoms with Crippen LogP contribution in [-0.2, 0) is 6.54 Å². The molecule has 0 aliphatic carbocycles. The van der Waals surface area contributed by atoms with Crippen molar-refractivity contribution >= 4 is 11.7 Å². The lowest BCUT2D eigenvalue weighted by Gasteiger charge is -2.35. The maximum Gasteiger partial charge on any atom is 0.217 e. The van der Waals surface area contributed by atoms with Gasteiger partial charge in [-0.15, -0.1) is 4.99 Å². The second kappa shape index (κ2) is 7.33. The van der Waals surface area contributed by atoms with E-state index in [1.54, 1.807) is 6.07 Å². The van der Waals surface area contributed by atoms with Gasteiger partial charge in [0.15, 0.2) is 0 Å². The van der Waals surface area contributed by atoms with Gasteiger partial charge >= 0.3 is 0 Å². The zero-order chi connectivity index (χ0) is 20.4. The molecule has 2 heterocycles. The van der Waals surface area contributed by atoms with Crippen LogP contribution in [-0.4, -0.2) is 34.4 Å². The highest BCUT2D eigenvalue weighted by Crippen LogP contribution is 2.39. The molecule has 0 bridgehead atoms. The summed E-state index contributed by atoms with van der Waals surface area (Å²) in [4.78, 5) is 8.31. The number of fused-ring (bicyclic) bond motifs is 1. The predicted molar refractivity (Wildman–Crippen MR) is 110 cm³/mol. The highest BCUT2D eigenvalue weighted by Gasteiger charge is 2.35. The fourth-order valence-electron chi connectivity index (χ4n) is 3.78. The third-order valence-electron chi connectivity index (χ3n) is 5.02. The van der Waals surface area contributed by atoms with Gasteiger partial charge in [-0.05, 0) is 43.7 Å². The van der Waals surface area contributed by atoms with Crippen LogP contribution in [0.1, 0.15) is 30.5 Å². The van der Waals surface area contributed by atoms with E-state index in [2.05, 4.69) is 33.0 Å². The summed E-state index contributed by atoms with van der Waals surface area (Å²) in [5.41, 5.74) is 2.97. The quantitative estimate of drug-likeness (QED) is 0.755. The minimum absolute atomic E-state index is 0.513. The molecule has 0 N–H and O–H groups in total. The van der Waals surface area contributed by atoms with Crippen LogP contribution in [0.15, 0.2) is 59.6 Å². The highest BCUT2D eigenvalue weighted by molar-refractivity contribution is 5.93. The van der Waals surface area contributed by atoms with Crippen molar-refractivity contribution in [3.63, 3.8) is 0 Å². The molecule has 144 valence electrons. The van der Waals surface area contributed by atoms with Gasteiger partial charge in [0, 0.05) is 25.2 Å². The van der Waals surface area contributed by atoms with E-state index >= 15 is 0 Å². The van der Waals surface area contributed by atoms with Gasteiger partial charge in [-0.1, -0.05) is 30.3 Å². The topological polar surface area (TPSA) is 75.6 Å². The first-order chi connectivity index (χ1) is 14.0. The van der Waals surface area contributed by atoms with Gasteiger partial charge in [-0.25, -0.2) is 0 Å². The maximum absolute atomic E-state index is 9.34. The maximum atomic E-state index is 9.34. The Hall–Kier alpha value is -3.77. The van der Waals surface area contributed by atoms with Gasteiger partial charge in [0.2, 0.25) is 12.2 Å². The van der Waals surface area contributed by atoms with Crippen LogP contribution >= 0.6 is 0 Å². The van der Waals surface area contributed by atoms with Crippen LogP contribution in [0.4, 0.5) is 0 Å². The van der Waals surface area contributed by atoms with Gasteiger partial charge in [0.25, 0.3) is 0 Å². The van der Waals surface area contributed by atoms with Crippen molar-refractivity contribution in [3.05, 3.63) is 71.3 Å². The van der Waals surface area contributed by atoms with Crippen molar-refractivity contribution in [1.29, 1.82) is 10.5 Å². The van der Waals surface area contributed by atoms with Crippen LogP contribution in [0, 0.1) is 22.8 Å². The summed E-state index contributed by atoms with van der Waals surface area (Å²) in [6.45, 7) is 6.11. The summed E-state index contributed by atoms with van der Waals surface area (Å²) in [6.07, 6.45) is 3.99. The number of nitriles is 2. The third kappa shape index (κ3) is 3.66. The fourth-order valence-corrected chi connectivity index (χ4v) is 3.78. The summed E-state index contributed by atoms with van der Waals surface area (Å²) < 4.78 is 6.10. The number of hydrogen-bond donors (Lipinski definition) is 0. The van der Waals surface area contributed by atoms with Crippen LogP contribution in [0.5, 0.6) is 5.75 Å². The molecule has 2 aromatic carbocycles. The van der Waals surface area contributed by atoms with Gasteiger partial charge in [0.05, 0.1) is 17.3 Å². The predicted octanol–water partition coefficient (Wildman–Crippen LogP) is 3.73. The lowest BCUT2D eigenvalue weighted by molar-refractivity contribution is 0.156. The summed E-state index contributed by atoms with van der Waals surface area (Å²) in [5.74, 6) is 1.35. The molecular formula is C23H21N5O. The fraction of sp³-hybridized carbons (Fsp3) is 0.261. The molecule has 0 saturated carbocycles. The van der Waals surface area contributed by atoms with Crippen molar-refractivity contribution in [1.82, 2.24) is 9.80 Å². The average molecular weight is 383 g/mol. The SMILES string of the molecule is CC1(C)C=C(N2CCN(Cc3ccccc3)/C2=N\C#N)c2cc(C#N)ccc2O1. The minimum atomic E-state index is -0.513. The Morgan fingerprint density at radius 3 is 2.62 bits per heavy atom. The monoisotopic (exact) mass is 383 g/mol. The zero-order valence-electron chi connectivity index (χ0n) is 16.5. The molecule has 6 heteroatoms. The second-order valence-electron chi connectivity index (χ2n) is 7.63. The number of benzene rings is 2. The van der Waals surface area contributed by atoms with Crippen LogP contribution in [0.25, 0.3) is 5.70 Å². The first-order valence-electron chi connectivity index (χ1n) is 9.50. The van der Waals surface area contributed by atoms with Gasteiger partial charge in [-0.3, -0.25) is 0 Å². The third-order valence-corrected chi connectivity index (χ3v) is 5.02. The molecule has 0 amide bonds. The van der Waals surface area contributed by atoms with Crippen molar-refractivity contribution in [2.24, 2.45) is 4.99 Å². The van der Waals surface area contributed by atoms with Crippen molar-refractivity contribution in [3.8, 4) is 18.0 Å². The molecule has 4 rings (SSSR count). The number of aliphatic imine (C=N–C) groups is 1. The van der Waals surface area contributed by atoms with E-state index in [1.165, 1.54) is 0 Å². The second-order valence-corrected chi connectivity index (χ2v) is 7.63. The number of hydrogen-bond acceptors (Lipinski definition) is 4. The van der Waals surface area contributed by atoms with Crippen LogP contribution < -0.4 is 4.74 Å². The Balaban J connectivity index is 1.73. The standard InChI is InChI=1S/C23H21N5O/c1-23(2)13-20(19-12-18(14-24)8-9-21(19)29-23)28-11-10-27(22(28)26-16-25)15-17-6-4-3-5-7-17/h3-9,12-13H,10-11,15H2,1-2H3/b26-22+. The van der Waals surface area contributed by atoms with E-state index in [0.717, 1.165) is 29.1 Å². The van der Waals surface area contributed by atoms with Gasteiger partial charge < -0.3 is 14.5 Å². The van der Waals surface area contributed by atoms with E-state index in [4.69, 9.17) is 4.74 Å². The Morgan fingerprint density at radius 2 is 1.90 bits per heavy atom. The molecule has 0 unspecified atom stereocenters. The Kier molecular flexibility index (Phi) is 4.70. The Morgan fingerprint density at radius 1 is 1.10 bits per heavy atom. The minimum Gasteiger partial charge on any atom is -0.483 e. The number of ether oxygens (including phenoxy) is 1. The normalized spacial score (nSPS) is 18.5. The molecule has 0 spiro atoms. The smallest absolute Gasteiger partial charge is 0.217 e. The summed E-state index contributed by atoms with van der Waals surface area (Å²) in [6, 6.07) is 17.8. The Bertz CT molecular complexity index is 1070. The van der Waals surface area contributed by atoms with E-state index < -0.39 is 5.60 Å². The zero-order valence-corrected chi connectivity index (χ0v) is 16.5. The van der Waals surface area contributed by atoms with Crippen LogP contribution in [0.3, 0.4) is 0 Å². The first kappa shape index (κ1) is 18.6. The largest absolute Gasteiger partial charge is 0.483 e. The first-order valence-corrected chi connectivity index (χ1v) is 9.50. The molecule has 2 aliphatic rings. The number of rotatable bonds is 3.